The number of rotatable bonds is 2. The molecule has 0 bridgehead atoms. The van der Waals surface area contributed by atoms with Crippen molar-refractivity contribution < 1.29 is 9.53 Å². The Morgan fingerprint density at radius 1 is 1.32 bits per heavy atom. The van der Waals surface area contributed by atoms with Crippen molar-refractivity contribution in [2.24, 2.45) is 0 Å². The molecule has 0 aliphatic carbocycles. The minimum atomic E-state index is -0.318. The van der Waals surface area contributed by atoms with Crippen LogP contribution in [0.1, 0.15) is 21.7 Å². The number of benzene rings is 1. The maximum absolute atomic E-state index is 12.8. The lowest BCUT2D eigenvalue weighted by Gasteiger charge is -2.27. The summed E-state index contributed by atoms with van der Waals surface area (Å²) in [7, 11) is 1.42. The zero-order valence-corrected chi connectivity index (χ0v) is 14.3. The molecule has 25 heavy (non-hydrogen) atoms. The van der Waals surface area contributed by atoms with Gasteiger partial charge < -0.3 is 19.6 Å². The lowest BCUT2D eigenvalue weighted by molar-refractivity contribution is 0.0729. The summed E-state index contributed by atoms with van der Waals surface area (Å²) < 4.78 is 4.94. The van der Waals surface area contributed by atoms with Crippen LogP contribution >= 0.6 is 11.6 Å². The maximum Gasteiger partial charge on any atom is 0.270 e. The summed E-state index contributed by atoms with van der Waals surface area (Å²) in [4.78, 5) is 32.6. The summed E-state index contributed by atoms with van der Waals surface area (Å²) in [6.07, 6.45) is 2.14. The van der Waals surface area contributed by atoms with Crippen LogP contribution in [0.15, 0.2) is 35.3 Å². The predicted octanol–water partition coefficient (Wildman–Crippen LogP) is 2.72. The Hall–Kier alpha value is -2.73. The Morgan fingerprint density at radius 2 is 2.16 bits per heavy atom. The molecule has 0 spiro atoms. The molecule has 0 saturated heterocycles. The highest BCUT2D eigenvalue weighted by atomic mass is 35.5. The summed E-state index contributed by atoms with van der Waals surface area (Å²) in [5.41, 5.74) is 3.16. The summed E-state index contributed by atoms with van der Waals surface area (Å²) in [6.45, 7) is 1.06. The van der Waals surface area contributed by atoms with Crippen LogP contribution in [0.2, 0.25) is 5.02 Å². The third-order valence-electron chi connectivity index (χ3n) is 4.55. The zero-order chi connectivity index (χ0) is 17.6. The largest absolute Gasteiger partial charge is 0.491 e. The number of halogens is 1. The van der Waals surface area contributed by atoms with Gasteiger partial charge in [-0.25, -0.2) is 0 Å². The molecule has 0 saturated carbocycles. The summed E-state index contributed by atoms with van der Waals surface area (Å²) in [5.74, 6) is -0.0227. The quantitative estimate of drug-likeness (QED) is 0.740. The number of aromatic nitrogens is 2. The number of nitrogens with one attached hydrogen (secondary N) is 2. The van der Waals surface area contributed by atoms with Crippen LogP contribution in [-0.2, 0) is 13.0 Å². The van der Waals surface area contributed by atoms with Crippen LogP contribution in [0, 0.1) is 0 Å². The van der Waals surface area contributed by atoms with E-state index in [9.17, 15) is 9.59 Å². The van der Waals surface area contributed by atoms with Crippen molar-refractivity contribution in [3.63, 3.8) is 0 Å². The summed E-state index contributed by atoms with van der Waals surface area (Å²) >= 11 is 6.11. The fourth-order valence-corrected chi connectivity index (χ4v) is 3.44. The van der Waals surface area contributed by atoms with E-state index in [1.165, 1.54) is 19.4 Å². The number of amides is 1. The van der Waals surface area contributed by atoms with Gasteiger partial charge in [-0.1, -0.05) is 11.6 Å². The second kappa shape index (κ2) is 5.97. The van der Waals surface area contributed by atoms with Gasteiger partial charge in [-0.15, -0.1) is 0 Å². The van der Waals surface area contributed by atoms with Crippen molar-refractivity contribution in [1.29, 1.82) is 0 Å². The topological polar surface area (TPSA) is 78.2 Å². The van der Waals surface area contributed by atoms with Gasteiger partial charge in [0.05, 0.1) is 7.11 Å². The van der Waals surface area contributed by atoms with Gasteiger partial charge in [-0.2, -0.15) is 0 Å². The second-order valence-electron chi connectivity index (χ2n) is 6.03. The lowest BCUT2D eigenvalue weighted by Crippen LogP contribution is -2.36. The predicted molar refractivity (Wildman–Crippen MR) is 95.4 cm³/mol. The Kier molecular flexibility index (Phi) is 3.77. The summed E-state index contributed by atoms with van der Waals surface area (Å²) in [5, 5.41) is 1.69. The van der Waals surface area contributed by atoms with Gasteiger partial charge in [0, 0.05) is 59.0 Å². The van der Waals surface area contributed by atoms with Gasteiger partial charge in [0.25, 0.3) is 5.91 Å². The van der Waals surface area contributed by atoms with Crippen molar-refractivity contribution in [2.45, 2.75) is 13.0 Å². The average Bonchev–Trinajstić information content (AvgIpc) is 2.98. The van der Waals surface area contributed by atoms with E-state index in [4.69, 9.17) is 16.3 Å². The first-order valence-corrected chi connectivity index (χ1v) is 8.29. The van der Waals surface area contributed by atoms with Crippen molar-refractivity contribution in [2.75, 3.05) is 13.7 Å². The number of fused-ring (bicyclic) bond motifs is 3. The third-order valence-corrected chi connectivity index (χ3v) is 4.79. The number of nitrogens with zero attached hydrogens (tertiary/aromatic N) is 1. The van der Waals surface area contributed by atoms with Crippen LogP contribution < -0.4 is 10.2 Å². The zero-order valence-electron chi connectivity index (χ0n) is 13.6. The second-order valence-corrected chi connectivity index (χ2v) is 6.46. The van der Waals surface area contributed by atoms with Crippen LogP contribution in [0.25, 0.3) is 10.9 Å². The first-order valence-electron chi connectivity index (χ1n) is 7.92. The number of ether oxygens (including phenoxy) is 1. The van der Waals surface area contributed by atoms with E-state index in [0.29, 0.717) is 18.1 Å². The lowest BCUT2D eigenvalue weighted by atomic mass is 10.0. The van der Waals surface area contributed by atoms with Crippen LogP contribution in [0.4, 0.5) is 0 Å². The van der Waals surface area contributed by atoms with E-state index in [-0.39, 0.29) is 22.8 Å². The van der Waals surface area contributed by atoms with Crippen molar-refractivity contribution in [1.82, 2.24) is 14.9 Å². The Morgan fingerprint density at radius 3 is 2.92 bits per heavy atom. The maximum atomic E-state index is 12.8. The minimum Gasteiger partial charge on any atom is -0.491 e. The molecule has 0 unspecified atom stereocenters. The molecule has 2 N–H and O–H groups in total. The van der Waals surface area contributed by atoms with E-state index in [2.05, 4.69) is 9.97 Å². The Bertz CT molecular complexity index is 1040. The smallest absolute Gasteiger partial charge is 0.270 e. The SMILES string of the molecule is COc1c[nH]c(C(=O)N2CCc3[nH]c4ccc(Cl)cc4c3C2)cc1=O. The number of methoxy groups -OCH3 is 1. The monoisotopic (exact) mass is 357 g/mol. The highest BCUT2D eigenvalue weighted by Gasteiger charge is 2.25. The van der Waals surface area contributed by atoms with Gasteiger partial charge in [0.1, 0.15) is 5.69 Å². The molecule has 128 valence electrons. The molecule has 3 aromatic rings. The molecule has 1 aliphatic rings. The molecule has 7 heteroatoms. The van der Waals surface area contributed by atoms with Gasteiger partial charge in [-0.05, 0) is 18.2 Å². The normalized spacial score (nSPS) is 13.8. The van der Waals surface area contributed by atoms with Gasteiger partial charge in [0.2, 0.25) is 5.43 Å². The van der Waals surface area contributed by atoms with Crippen molar-refractivity contribution in [3.05, 3.63) is 62.7 Å². The molecular formula is C18H16ClN3O3. The van der Waals surface area contributed by atoms with Crippen molar-refractivity contribution in [3.8, 4) is 5.75 Å². The molecule has 6 nitrogen and oxygen atoms in total. The molecule has 4 rings (SSSR count). The number of pyridine rings is 1. The van der Waals surface area contributed by atoms with Crippen LogP contribution in [-0.4, -0.2) is 34.4 Å². The number of H-pyrrole nitrogens is 2. The molecule has 1 aromatic carbocycles. The number of carbonyl (C=O) groups excluding carboxylic acids is 1. The first kappa shape index (κ1) is 15.8. The van der Waals surface area contributed by atoms with Crippen LogP contribution in [0.3, 0.4) is 0 Å². The Balaban J connectivity index is 1.66. The van der Waals surface area contributed by atoms with E-state index in [1.54, 1.807) is 4.90 Å². The van der Waals surface area contributed by atoms with Crippen LogP contribution in [0.5, 0.6) is 5.75 Å². The minimum absolute atomic E-state index is 0.184. The molecular weight excluding hydrogens is 342 g/mol. The molecule has 2 aromatic heterocycles. The van der Waals surface area contributed by atoms with E-state index >= 15 is 0 Å². The van der Waals surface area contributed by atoms with E-state index in [0.717, 1.165) is 28.6 Å². The summed E-state index contributed by atoms with van der Waals surface area (Å²) in [6, 6.07) is 6.98. The molecule has 0 atom stereocenters. The Labute approximate surface area is 148 Å². The fraction of sp³-hybridized carbons (Fsp3) is 0.222. The molecule has 0 fully saturated rings. The molecule has 1 aliphatic heterocycles. The highest BCUT2D eigenvalue weighted by Crippen LogP contribution is 2.30. The third kappa shape index (κ3) is 2.68. The van der Waals surface area contributed by atoms with Gasteiger partial charge in [0.15, 0.2) is 5.75 Å². The molecule has 3 heterocycles. The highest BCUT2D eigenvalue weighted by molar-refractivity contribution is 6.31. The molecule has 1 amide bonds. The van der Waals surface area contributed by atoms with Gasteiger partial charge in [-0.3, -0.25) is 9.59 Å². The number of hydrogen-bond donors (Lipinski definition) is 2. The van der Waals surface area contributed by atoms with Crippen molar-refractivity contribution >= 4 is 28.4 Å². The van der Waals surface area contributed by atoms with E-state index in [1.807, 2.05) is 18.2 Å². The van der Waals surface area contributed by atoms with E-state index < -0.39 is 0 Å². The number of aromatic amines is 2. The standard InChI is InChI=1S/C18H16ClN3O3/c1-25-17-8-20-15(7-16(17)23)18(24)22-5-4-14-12(9-22)11-6-10(19)2-3-13(11)21-14/h2-3,6-8,21H,4-5,9H2,1H3,(H,20,23). The average molecular weight is 358 g/mol. The number of carbonyl (C=O) groups is 1. The number of hydrogen-bond acceptors (Lipinski definition) is 3. The fourth-order valence-electron chi connectivity index (χ4n) is 3.27. The van der Waals surface area contributed by atoms with Gasteiger partial charge >= 0.3 is 0 Å². The first-order chi connectivity index (χ1) is 12.1. The molecule has 0 radical (unpaired) electrons.